The van der Waals surface area contributed by atoms with Crippen LogP contribution in [0.25, 0.3) is 11.1 Å². The number of allylic oxidation sites excluding steroid dienone is 1. The van der Waals surface area contributed by atoms with Gasteiger partial charge in [0, 0.05) is 49.4 Å². The van der Waals surface area contributed by atoms with Gasteiger partial charge in [-0.2, -0.15) is 0 Å². The van der Waals surface area contributed by atoms with Crippen molar-refractivity contribution in [3.63, 3.8) is 0 Å². The van der Waals surface area contributed by atoms with Crippen LogP contribution in [0.15, 0.2) is 58.1 Å². The van der Waals surface area contributed by atoms with E-state index in [1.54, 1.807) is 12.3 Å². The largest absolute Gasteiger partial charge is 0.458 e. The standard InChI is InChI=1S/C23H26FN5O/c1-16(23(28-15-25-2)29-12-10-26-11-13-29)30-21-8-7-18(24)14-20(21)19-4-3-9-27-22(19)17-5-6-17/h3-4,7-9,14-15,17,26H,2,5-6,10-13H2,1H3/b23-16-,28-15?. The van der Waals surface area contributed by atoms with Gasteiger partial charge in [-0.25, -0.2) is 9.38 Å². The van der Waals surface area contributed by atoms with Crippen molar-refractivity contribution in [3.8, 4) is 16.9 Å². The topological polar surface area (TPSA) is 62.1 Å². The van der Waals surface area contributed by atoms with E-state index < -0.39 is 0 Å². The van der Waals surface area contributed by atoms with Crippen molar-refractivity contribution < 1.29 is 9.13 Å². The average molecular weight is 407 g/mol. The number of aromatic nitrogens is 1. The maximum Gasteiger partial charge on any atom is 0.169 e. The van der Waals surface area contributed by atoms with Crippen molar-refractivity contribution in [1.29, 1.82) is 0 Å². The van der Waals surface area contributed by atoms with Gasteiger partial charge in [-0.3, -0.25) is 9.98 Å². The molecule has 1 aromatic heterocycles. The Kier molecular flexibility index (Phi) is 6.18. The average Bonchev–Trinajstić information content (AvgIpc) is 3.61. The molecule has 2 heterocycles. The van der Waals surface area contributed by atoms with E-state index in [-0.39, 0.29) is 5.82 Å². The number of aliphatic imine (C=N–C) groups is 2. The lowest BCUT2D eigenvalue weighted by Gasteiger charge is -2.30. The first kappa shape index (κ1) is 20.2. The zero-order chi connectivity index (χ0) is 20.9. The summed E-state index contributed by atoms with van der Waals surface area (Å²) < 4.78 is 20.5. The molecule has 6 nitrogen and oxygen atoms in total. The summed E-state index contributed by atoms with van der Waals surface area (Å²) in [4.78, 5) is 14.9. The van der Waals surface area contributed by atoms with Crippen LogP contribution in [-0.4, -0.2) is 49.1 Å². The van der Waals surface area contributed by atoms with E-state index in [1.807, 2.05) is 19.1 Å². The third-order valence-electron chi connectivity index (χ3n) is 5.29. The summed E-state index contributed by atoms with van der Waals surface area (Å²) in [7, 11) is 0. The molecule has 156 valence electrons. The smallest absolute Gasteiger partial charge is 0.169 e. The predicted octanol–water partition coefficient (Wildman–Crippen LogP) is 3.97. The van der Waals surface area contributed by atoms with Crippen LogP contribution in [0, 0.1) is 5.82 Å². The molecule has 0 bridgehead atoms. The SMILES string of the molecule is C=NC=N/C(=C(\C)Oc1ccc(F)cc1-c1cccnc1C1CC1)N1CCNCC1. The number of pyridine rings is 1. The van der Waals surface area contributed by atoms with Gasteiger partial charge >= 0.3 is 0 Å². The molecule has 7 heteroatoms. The van der Waals surface area contributed by atoms with Gasteiger partial charge in [0.2, 0.25) is 0 Å². The van der Waals surface area contributed by atoms with Gasteiger partial charge < -0.3 is 15.0 Å². The molecule has 1 saturated carbocycles. The fourth-order valence-corrected chi connectivity index (χ4v) is 3.71. The molecule has 0 spiro atoms. The maximum absolute atomic E-state index is 14.2. The number of nitrogens with one attached hydrogen (secondary N) is 1. The van der Waals surface area contributed by atoms with Gasteiger partial charge in [0.05, 0.1) is 5.69 Å². The van der Waals surface area contributed by atoms with Crippen LogP contribution >= 0.6 is 0 Å². The normalized spacial score (nSPS) is 17.7. The molecule has 2 aromatic rings. The summed E-state index contributed by atoms with van der Waals surface area (Å²) in [6.07, 6.45) is 5.44. The molecular weight excluding hydrogens is 381 g/mol. The van der Waals surface area contributed by atoms with E-state index in [9.17, 15) is 4.39 Å². The highest BCUT2D eigenvalue weighted by atomic mass is 19.1. The van der Waals surface area contributed by atoms with Crippen molar-refractivity contribution in [2.75, 3.05) is 26.2 Å². The molecule has 2 aliphatic rings. The Morgan fingerprint density at radius 3 is 2.80 bits per heavy atom. The molecule has 30 heavy (non-hydrogen) atoms. The van der Waals surface area contributed by atoms with Gasteiger partial charge in [-0.1, -0.05) is 6.07 Å². The quantitative estimate of drug-likeness (QED) is 0.429. The number of ether oxygens (including phenoxy) is 1. The van der Waals surface area contributed by atoms with Gasteiger partial charge in [0.1, 0.15) is 23.7 Å². The summed E-state index contributed by atoms with van der Waals surface area (Å²) in [6, 6.07) is 8.47. The van der Waals surface area contributed by atoms with Crippen molar-refractivity contribution in [2.45, 2.75) is 25.7 Å². The summed E-state index contributed by atoms with van der Waals surface area (Å²) in [5, 5.41) is 3.33. The van der Waals surface area contributed by atoms with E-state index in [2.05, 4.69) is 31.9 Å². The number of hydrogen-bond donors (Lipinski definition) is 1. The second-order valence-electron chi connectivity index (χ2n) is 7.50. The first-order valence-corrected chi connectivity index (χ1v) is 10.2. The summed E-state index contributed by atoms with van der Waals surface area (Å²) in [6.45, 7) is 8.72. The minimum Gasteiger partial charge on any atom is -0.458 e. The van der Waals surface area contributed by atoms with Crippen LogP contribution in [0.2, 0.25) is 0 Å². The van der Waals surface area contributed by atoms with E-state index in [0.717, 1.165) is 50.3 Å². The van der Waals surface area contributed by atoms with Crippen molar-refractivity contribution in [1.82, 2.24) is 15.2 Å². The Balaban J connectivity index is 1.73. The fraction of sp³-hybridized carbons (Fsp3) is 0.348. The fourth-order valence-electron chi connectivity index (χ4n) is 3.71. The Bertz CT molecular complexity index is 977. The molecule has 4 rings (SSSR count). The van der Waals surface area contributed by atoms with Gasteiger partial charge in [-0.05, 0) is 50.7 Å². The highest BCUT2D eigenvalue weighted by molar-refractivity contribution is 5.73. The first-order chi connectivity index (χ1) is 14.7. The van der Waals surface area contributed by atoms with Gasteiger partial charge in [0.15, 0.2) is 5.82 Å². The van der Waals surface area contributed by atoms with Crippen LogP contribution in [0.5, 0.6) is 5.75 Å². The molecular formula is C23H26FN5O. The zero-order valence-electron chi connectivity index (χ0n) is 17.1. The number of halogens is 1. The molecule has 1 aliphatic carbocycles. The van der Waals surface area contributed by atoms with E-state index >= 15 is 0 Å². The summed E-state index contributed by atoms with van der Waals surface area (Å²) in [5.41, 5.74) is 2.63. The van der Waals surface area contributed by atoms with Crippen LogP contribution in [-0.2, 0) is 0 Å². The lowest BCUT2D eigenvalue weighted by molar-refractivity contribution is 0.276. The predicted molar refractivity (Wildman–Crippen MR) is 117 cm³/mol. The number of hydrogen-bond acceptors (Lipinski definition) is 5. The number of benzene rings is 1. The lowest BCUT2D eigenvalue weighted by Crippen LogP contribution is -2.43. The molecule has 0 unspecified atom stereocenters. The first-order valence-electron chi connectivity index (χ1n) is 10.2. The van der Waals surface area contributed by atoms with E-state index in [1.165, 1.54) is 18.5 Å². The Morgan fingerprint density at radius 2 is 2.07 bits per heavy atom. The molecule has 1 N–H and O–H groups in total. The lowest BCUT2D eigenvalue weighted by atomic mass is 10.0. The Hall–Kier alpha value is -3.06. The maximum atomic E-state index is 14.2. The Labute approximate surface area is 176 Å². The third kappa shape index (κ3) is 4.57. The number of rotatable bonds is 7. The number of nitrogens with zero attached hydrogens (tertiary/aromatic N) is 4. The van der Waals surface area contributed by atoms with E-state index in [0.29, 0.717) is 28.8 Å². The van der Waals surface area contributed by atoms with E-state index in [4.69, 9.17) is 4.74 Å². The van der Waals surface area contributed by atoms with Crippen molar-refractivity contribution in [3.05, 3.63) is 59.6 Å². The third-order valence-corrected chi connectivity index (χ3v) is 5.29. The second kappa shape index (κ2) is 9.17. The van der Waals surface area contributed by atoms with Crippen LogP contribution < -0.4 is 10.1 Å². The molecule has 1 saturated heterocycles. The Morgan fingerprint density at radius 1 is 1.27 bits per heavy atom. The highest BCUT2D eigenvalue weighted by Gasteiger charge is 2.29. The van der Waals surface area contributed by atoms with Gasteiger partial charge in [0.25, 0.3) is 0 Å². The second-order valence-corrected chi connectivity index (χ2v) is 7.50. The summed E-state index contributed by atoms with van der Waals surface area (Å²) >= 11 is 0. The summed E-state index contributed by atoms with van der Waals surface area (Å²) in [5.74, 6) is 2.04. The molecule has 0 amide bonds. The highest BCUT2D eigenvalue weighted by Crippen LogP contribution is 2.45. The molecule has 1 aliphatic heterocycles. The molecule has 0 atom stereocenters. The molecule has 1 aromatic carbocycles. The zero-order valence-corrected chi connectivity index (χ0v) is 17.1. The van der Waals surface area contributed by atoms with Gasteiger partial charge in [-0.15, -0.1) is 0 Å². The van der Waals surface area contributed by atoms with Crippen LogP contribution in [0.3, 0.4) is 0 Å². The van der Waals surface area contributed by atoms with Crippen LogP contribution in [0.4, 0.5) is 4.39 Å². The minimum absolute atomic E-state index is 0.305. The number of piperazine rings is 1. The molecule has 2 fully saturated rings. The monoisotopic (exact) mass is 407 g/mol. The molecule has 0 radical (unpaired) electrons. The van der Waals surface area contributed by atoms with Crippen molar-refractivity contribution >= 4 is 13.1 Å². The minimum atomic E-state index is -0.305. The van der Waals surface area contributed by atoms with Crippen LogP contribution in [0.1, 0.15) is 31.4 Å². The van der Waals surface area contributed by atoms with Crippen molar-refractivity contribution in [2.24, 2.45) is 9.98 Å².